The zero-order valence-electron chi connectivity index (χ0n) is 12.2. The number of rotatable bonds is 4. The topological polar surface area (TPSA) is 38.0 Å². The van der Waals surface area contributed by atoms with Crippen LogP contribution in [-0.4, -0.2) is 11.2 Å². The molecular formula is C18H15BrN2O. The summed E-state index contributed by atoms with van der Waals surface area (Å²) < 4.78 is 8.81. The second-order valence-electron chi connectivity index (χ2n) is 5.17. The van der Waals surface area contributed by atoms with E-state index < -0.39 is 0 Å². The molecule has 0 aliphatic carbocycles. The van der Waals surface area contributed by atoms with Crippen molar-refractivity contribution in [3.8, 4) is 11.8 Å². The molecule has 0 unspecified atom stereocenters. The van der Waals surface area contributed by atoms with Crippen molar-refractivity contribution in [2.45, 2.75) is 13.5 Å². The van der Waals surface area contributed by atoms with Gasteiger partial charge in [-0.2, -0.15) is 5.26 Å². The molecule has 3 aromatic rings. The summed E-state index contributed by atoms with van der Waals surface area (Å²) in [5, 5.41) is 10.2. The van der Waals surface area contributed by atoms with Gasteiger partial charge in [0.15, 0.2) is 0 Å². The molecule has 3 nitrogen and oxygen atoms in total. The molecule has 0 radical (unpaired) electrons. The van der Waals surface area contributed by atoms with E-state index >= 15 is 0 Å². The Kier molecular flexibility index (Phi) is 4.17. The number of hydrogen-bond acceptors (Lipinski definition) is 2. The predicted octanol–water partition coefficient (Wildman–Crippen LogP) is 4.66. The van der Waals surface area contributed by atoms with Crippen LogP contribution in [-0.2, 0) is 6.54 Å². The van der Waals surface area contributed by atoms with Gasteiger partial charge >= 0.3 is 0 Å². The van der Waals surface area contributed by atoms with Gasteiger partial charge in [0.2, 0.25) is 0 Å². The lowest BCUT2D eigenvalue weighted by molar-refractivity contribution is 0.300. The lowest BCUT2D eigenvalue weighted by Gasteiger charge is -2.08. The normalized spacial score (nSPS) is 10.6. The van der Waals surface area contributed by atoms with Gasteiger partial charge in [-0.15, -0.1) is 0 Å². The van der Waals surface area contributed by atoms with Crippen molar-refractivity contribution in [1.29, 1.82) is 5.26 Å². The average Bonchev–Trinajstić information content (AvgIpc) is 2.86. The molecule has 0 N–H and O–H groups in total. The highest BCUT2D eigenvalue weighted by atomic mass is 79.9. The van der Waals surface area contributed by atoms with Crippen LogP contribution in [0, 0.1) is 18.3 Å². The van der Waals surface area contributed by atoms with Crippen molar-refractivity contribution in [2.24, 2.45) is 0 Å². The smallest absolute Gasteiger partial charge is 0.119 e. The quantitative estimate of drug-likeness (QED) is 0.683. The van der Waals surface area contributed by atoms with E-state index in [-0.39, 0.29) is 0 Å². The monoisotopic (exact) mass is 354 g/mol. The highest BCUT2D eigenvalue weighted by molar-refractivity contribution is 9.10. The number of halogens is 1. The van der Waals surface area contributed by atoms with E-state index in [9.17, 15) is 5.26 Å². The summed E-state index contributed by atoms with van der Waals surface area (Å²) in [4.78, 5) is 0. The van der Waals surface area contributed by atoms with Crippen LogP contribution in [0.3, 0.4) is 0 Å². The lowest BCUT2D eigenvalue weighted by atomic mass is 10.2. The summed E-state index contributed by atoms with van der Waals surface area (Å²) in [6.07, 6.45) is 1.88. The third-order valence-corrected chi connectivity index (χ3v) is 4.08. The minimum atomic E-state index is 0.563. The van der Waals surface area contributed by atoms with Crippen LogP contribution < -0.4 is 4.74 Å². The molecule has 1 heterocycles. The SMILES string of the molecule is Cc1ccc(OCCn2cc(C#N)c3cc(Br)ccc32)cc1. The Balaban J connectivity index is 1.77. The van der Waals surface area contributed by atoms with Crippen LogP contribution in [0.1, 0.15) is 11.1 Å². The van der Waals surface area contributed by atoms with Gasteiger partial charge < -0.3 is 9.30 Å². The summed E-state index contributed by atoms with van der Waals surface area (Å²) in [5.74, 6) is 0.866. The van der Waals surface area contributed by atoms with E-state index in [0.717, 1.165) is 21.1 Å². The first kappa shape index (κ1) is 14.7. The Morgan fingerprint density at radius 2 is 1.95 bits per heavy atom. The molecule has 0 fully saturated rings. The van der Waals surface area contributed by atoms with E-state index in [4.69, 9.17) is 4.74 Å². The van der Waals surface area contributed by atoms with Gasteiger partial charge in [0.05, 0.1) is 12.1 Å². The summed E-state index contributed by atoms with van der Waals surface area (Å²) in [6, 6.07) is 16.2. The molecule has 0 saturated heterocycles. The second-order valence-corrected chi connectivity index (χ2v) is 6.09. The molecule has 3 rings (SSSR count). The van der Waals surface area contributed by atoms with Gasteiger partial charge in [-0.3, -0.25) is 0 Å². The number of fused-ring (bicyclic) bond motifs is 1. The first-order valence-electron chi connectivity index (χ1n) is 7.05. The van der Waals surface area contributed by atoms with Crippen LogP contribution in [0.5, 0.6) is 5.75 Å². The second kappa shape index (κ2) is 6.25. The van der Waals surface area contributed by atoms with Crippen molar-refractivity contribution >= 4 is 26.8 Å². The van der Waals surface area contributed by atoms with Crippen molar-refractivity contribution in [3.63, 3.8) is 0 Å². The maximum Gasteiger partial charge on any atom is 0.119 e. The molecule has 0 spiro atoms. The summed E-state index contributed by atoms with van der Waals surface area (Å²) in [5.41, 5.74) is 2.95. The summed E-state index contributed by atoms with van der Waals surface area (Å²) in [7, 11) is 0. The van der Waals surface area contributed by atoms with Gasteiger partial charge in [-0.1, -0.05) is 33.6 Å². The molecule has 2 aromatic carbocycles. The summed E-state index contributed by atoms with van der Waals surface area (Å²) >= 11 is 3.45. The van der Waals surface area contributed by atoms with E-state index in [2.05, 4.69) is 33.5 Å². The van der Waals surface area contributed by atoms with E-state index in [1.807, 2.05) is 48.7 Å². The minimum absolute atomic E-state index is 0.563. The highest BCUT2D eigenvalue weighted by Gasteiger charge is 2.08. The number of aromatic nitrogens is 1. The fourth-order valence-corrected chi connectivity index (χ4v) is 2.80. The zero-order chi connectivity index (χ0) is 15.5. The van der Waals surface area contributed by atoms with Crippen molar-refractivity contribution in [3.05, 3.63) is 64.3 Å². The maximum atomic E-state index is 9.26. The number of aryl methyl sites for hydroxylation is 1. The molecule has 0 aliphatic heterocycles. The number of hydrogen-bond donors (Lipinski definition) is 0. The molecular weight excluding hydrogens is 340 g/mol. The van der Waals surface area contributed by atoms with Gasteiger partial charge in [-0.25, -0.2) is 0 Å². The van der Waals surface area contributed by atoms with Crippen molar-refractivity contribution < 1.29 is 4.74 Å². The van der Waals surface area contributed by atoms with Gasteiger partial charge in [0.1, 0.15) is 18.4 Å². The van der Waals surface area contributed by atoms with Gasteiger partial charge in [0, 0.05) is 21.6 Å². The molecule has 0 aliphatic rings. The Hall–Kier alpha value is -2.25. The lowest BCUT2D eigenvalue weighted by Crippen LogP contribution is -2.07. The number of ether oxygens (including phenoxy) is 1. The van der Waals surface area contributed by atoms with Crippen LogP contribution in [0.25, 0.3) is 10.9 Å². The third kappa shape index (κ3) is 3.00. The van der Waals surface area contributed by atoms with Gasteiger partial charge in [0.25, 0.3) is 0 Å². The van der Waals surface area contributed by atoms with Gasteiger partial charge in [-0.05, 0) is 37.3 Å². The number of nitrogens with zero attached hydrogens (tertiary/aromatic N) is 2. The maximum absolute atomic E-state index is 9.26. The average molecular weight is 355 g/mol. The highest BCUT2D eigenvalue weighted by Crippen LogP contribution is 2.24. The minimum Gasteiger partial charge on any atom is -0.492 e. The van der Waals surface area contributed by atoms with Crippen molar-refractivity contribution in [2.75, 3.05) is 6.61 Å². The fraction of sp³-hybridized carbons (Fsp3) is 0.167. The zero-order valence-corrected chi connectivity index (χ0v) is 13.8. The molecule has 22 heavy (non-hydrogen) atoms. The largest absolute Gasteiger partial charge is 0.492 e. The Bertz CT molecular complexity index is 844. The van der Waals surface area contributed by atoms with E-state index in [1.54, 1.807) is 0 Å². The molecule has 110 valence electrons. The first-order valence-corrected chi connectivity index (χ1v) is 7.84. The third-order valence-electron chi connectivity index (χ3n) is 3.59. The molecule has 0 bridgehead atoms. The predicted molar refractivity (Wildman–Crippen MR) is 91.0 cm³/mol. The Morgan fingerprint density at radius 1 is 1.18 bits per heavy atom. The van der Waals surface area contributed by atoms with E-state index in [0.29, 0.717) is 18.7 Å². The Morgan fingerprint density at radius 3 is 2.68 bits per heavy atom. The standard InChI is InChI=1S/C18H15BrN2O/c1-13-2-5-16(6-3-13)22-9-8-21-12-14(11-20)17-10-15(19)4-7-18(17)21/h2-7,10,12H,8-9H2,1H3. The molecule has 0 amide bonds. The molecule has 0 atom stereocenters. The van der Waals surface area contributed by atoms with Crippen LogP contribution >= 0.6 is 15.9 Å². The van der Waals surface area contributed by atoms with Crippen LogP contribution in [0.4, 0.5) is 0 Å². The molecule has 4 heteroatoms. The van der Waals surface area contributed by atoms with Crippen LogP contribution in [0.15, 0.2) is 53.1 Å². The van der Waals surface area contributed by atoms with Crippen molar-refractivity contribution in [1.82, 2.24) is 4.57 Å². The number of nitriles is 1. The summed E-state index contributed by atoms with van der Waals surface area (Å²) in [6.45, 7) is 3.32. The van der Waals surface area contributed by atoms with E-state index in [1.165, 1.54) is 5.56 Å². The Labute approximate surface area is 137 Å². The molecule has 1 aromatic heterocycles. The van der Waals surface area contributed by atoms with Crippen LogP contribution in [0.2, 0.25) is 0 Å². The number of benzene rings is 2. The molecule has 0 saturated carbocycles. The fourth-order valence-electron chi connectivity index (χ4n) is 2.44. The first-order chi connectivity index (χ1) is 10.7.